The Morgan fingerprint density at radius 1 is 0.977 bits per heavy atom. The second-order valence-electron chi connectivity index (χ2n) is 12.6. The number of nitrogens with zero attached hydrogens (tertiary/aromatic N) is 1. The molecule has 0 radical (unpaired) electrons. The SMILES string of the molecule is COC(=O)[C@H](Cc1ccc(B2OC(C)(C)C(C)(C)O2)cc1)N(C)C(=O)[C@H](NC(=O)OC(C)(C)C)c1cc(Cl)c(OC)c(Cl)c1. The zero-order valence-electron chi connectivity index (χ0n) is 26.9. The van der Waals surface area contributed by atoms with E-state index in [1.54, 1.807) is 20.8 Å². The van der Waals surface area contributed by atoms with Crippen molar-refractivity contribution >= 4 is 53.8 Å². The summed E-state index contributed by atoms with van der Waals surface area (Å²) in [7, 11) is 3.57. The lowest BCUT2D eigenvalue weighted by Gasteiger charge is -2.32. The first-order chi connectivity index (χ1) is 20.3. The predicted octanol–water partition coefficient (Wildman–Crippen LogP) is 5.11. The molecule has 1 aliphatic rings. The molecule has 2 amide bonds. The minimum Gasteiger partial charge on any atom is -0.494 e. The lowest BCUT2D eigenvalue weighted by molar-refractivity contribution is -0.152. The maximum absolute atomic E-state index is 14.0. The largest absolute Gasteiger partial charge is 0.494 e. The monoisotopic (exact) mass is 650 g/mol. The van der Waals surface area contributed by atoms with Crippen LogP contribution in [0.3, 0.4) is 0 Å². The third-order valence-corrected chi connectivity index (χ3v) is 8.25. The Labute approximate surface area is 269 Å². The molecule has 0 aromatic heterocycles. The number of carbonyl (C=O) groups is 3. The van der Waals surface area contributed by atoms with Crippen LogP contribution in [0.15, 0.2) is 36.4 Å². The van der Waals surface area contributed by atoms with Crippen LogP contribution >= 0.6 is 23.2 Å². The molecular weight excluding hydrogens is 610 g/mol. The molecule has 1 N–H and O–H groups in total. The van der Waals surface area contributed by atoms with Gasteiger partial charge in [-0.05, 0) is 77.2 Å². The van der Waals surface area contributed by atoms with Gasteiger partial charge >= 0.3 is 19.2 Å². The Morgan fingerprint density at radius 3 is 1.95 bits per heavy atom. The van der Waals surface area contributed by atoms with Crippen LogP contribution in [0.25, 0.3) is 0 Å². The Kier molecular flexibility index (Phi) is 10.9. The fraction of sp³-hybridized carbons (Fsp3) is 0.516. The second-order valence-corrected chi connectivity index (χ2v) is 13.4. The molecule has 2 aromatic rings. The molecule has 0 saturated carbocycles. The van der Waals surface area contributed by atoms with E-state index in [4.69, 9.17) is 46.7 Å². The van der Waals surface area contributed by atoms with Crippen LogP contribution in [0.2, 0.25) is 10.0 Å². The van der Waals surface area contributed by atoms with E-state index < -0.39 is 54.0 Å². The summed E-state index contributed by atoms with van der Waals surface area (Å²) >= 11 is 12.7. The summed E-state index contributed by atoms with van der Waals surface area (Å²) in [6.07, 6.45) is -0.720. The fourth-order valence-electron chi connectivity index (χ4n) is 4.54. The van der Waals surface area contributed by atoms with Gasteiger partial charge in [0.15, 0.2) is 5.75 Å². The predicted molar refractivity (Wildman–Crippen MR) is 170 cm³/mol. The van der Waals surface area contributed by atoms with E-state index in [1.807, 2.05) is 52.0 Å². The van der Waals surface area contributed by atoms with E-state index in [0.29, 0.717) is 0 Å². The van der Waals surface area contributed by atoms with E-state index in [0.717, 1.165) is 11.0 Å². The number of halogens is 2. The van der Waals surface area contributed by atoms with Gasteiger partial charge in [0, 0.05) is 13.5 Å². The van der Waals surface area contributed by atoms with Crippen molar-refractivity contribution in [3.63, 3.8) is 0 Å². The van der Waals surface area contributed by atoms with Crippen LogP contribution in [0.4, 0.5) is 4.79 Å². The number of ether oxygens (including phenoxy) is 3. The van der Waals surface area contributed by atoms with E-state index in [-0.39, 0.29) is 27.8 Å². The summed E-state index contributed by atoms with van der Waals surface area (Å²) < 4.78 is 28.0. The van der Waals surface area contributed by atoms with Gasteiger partial charge in [0.2, 0.25) is 5.91 Å². The zero-order valence-corrected chi connectivity index (χ0v) is 28.4. The van der Waals surface area contributed by atoms with E-state index in [2.05, 4.69) is 5.32 Å². The molecule has 240 valence electrons. The fourth-order valence-corrected chi connectivity index (χ4v) is 5.20. The van der Waals surface area contributed by atoms with E-state index in [1.165, 1.54) is 38.3 Å². The highest BCUT2D eigenvalue weighted by Gasteiger charge is 2.51. The average molecular weight is 651 g/mol. The number of esters is 1. The molecule has 1 fully saturated rings. The van der Waals surface area contributed by atoms with Crippen molar-refractivity contribution in [3.8, 4) is 5.75 Å². The molecule has 10 nitrogen and oxygen atoms in total. The first-order valence-electron chi connectivity index (χ1n) is 14.1. The highest BCUT2D eigenvalue weighted by Crippen LogP contribution is 2.37. The van der Waals surface area contributed by atoms with Crippen LogP contribution in [0.5, 0.6) is 5.75 Å². The Morgan fingerprint density at radius 2 is 1.50 bits per heavy atom. The standard InChI is InChI=1S/C31H41BCl2N2O8/c1-29(2,3)42-28(39)35-24(19-16-21(33)25(40-9)22(34)17-19)26(37)36(8)23(27(38)41-10)15-18-11-13-20(14-12-18)32-43-30(4,5)31(6,7)44-32/h11-14,16-17,23-24H,15H2,1-10H3,(H,35,39)/t23-,24+/m0/s1. The Balaban J connectivity index is 1.91. The van der Waals surface area contributed by atoms with Crippen molar-refractivity contribution in [2.45, 2.75) is 83.8 Å². The molecule has 0 bridgehead atoms. The molecule has 13 heteroatoms. The van der Waals surface area contributed by atoms with Gasteiger partial charge in [-0.25, -0.2) is 9.59 Å². The zero-order chi connectivity index (χ0) is 33.2. The number of hydrogen-bond donors (Lipinski definition) is 1. The highest BCUT2D eigenvalue weighted by atomic mass is 35.5. The number of methoxy groups -OCH3 is 2. The normalized spacial score (nSPS) is 17.0. The van der Waals surface area contributed by atoms with Crippen molar-refractivity contribution in [3.05, 3.63) is 57.6 Å². The topological polar surface area (TPSA) is 113 Å². The number of alkyl carbamates (subject to hydrolysis) is 1. The van der Waals surface area contributed by atoms with Crippen LogP contribution in [-0.2, 0) is 34.8 Å². The molecule has 1 saturated heterocycles. The van der Waals surface area contributed by atoms with Crippen molar-refractivity contribution in [1.82, 2.24) is 10.2 Å². The molecule has 0 aliphatic carbocycles. The number of likely N-dealkylation sites (N-methyl/N-ethyl adjacent to an activating group) is 1. The van der Waals surface area contributed by atoms with Gasteiger partial charge in [0.25, 0.3) is 0 Å². The first-order valence-corrected chi connectivity index (χ1v) is 14.9. The smallest absolute Gasteiger partial charge is 0.494 e. The summed E-state index contributed by atoms with van der Waals surface area (Å²) in [5.74, 6) is -1.06. The summed E-state index contributed by atoms with van der Waals surface area (Å²) in [6.45, 7) is 13.0. The lowest BCUT2D eigenvalue weighted by Crippen LogP contribution is -2.50. The van der Waals surface area contributed by atoms with E-state index in [9.17, 15) is 14.4 Å². The van der Waals surface area contributed by atoms with Crippen molar-refractivity contribution in [2.24, 2.45) is 0 Å². The van der Waals surface area contributed by atoms with Crippen molar-refractivity contribution in [2.75, 3.05) is 21.3 Å². The number of carbonyl (C=O) groups excluding carboxylic acids is 3. The molecule has 3 rings (SSSR count). The van der Waals surface area contributed by atoms with Gasteiger partial charge in [-0.3, -0.25) is 4.79 Å². The van der Waals surface area contributed by atoms with E-state index >= 15 is 0 Å². The molecule has 2 aromatic carbocycles. The molecule has 1 aliphatic heterocycles. The second kappa shape index (κ2) is 13.6. The van der Waals surface area contributed by atoms with Crippen molar-refractivity contribution < 1.29 is 37.9 Å². The average Bonchev–Trinajstić information content (AvgIpc) is 3.14. The first kappa shape index (κ1) is 35.5. The number of benzene rings is 2. The number of rotatable bonds is 9. The Bertz CT molecular complexity index is 1340. The van der Waals surface area contributed by atoms with Gasteiger partial charge in [0.05, 0.1) is 35.5 Å². The number of nitrogens with one attached hydrogen (secondary N) is 1. The third-order valence-electron chi connectivity index (χ3n) is 7.69. The van der Waals surface area contributed by atoms with Gasteiger partial charge in [0.1, 0.15) is 17.7 Å². The number of hydrogen-bond acceptors (Lipinski definition) is 8. The van der Waals surface area contributed by atoms with Gasteiger partial charge < -0.3 is 33.7 Å². The maximum Gasteiger partial charge on any atom is 0.494 e. The van der Waals surface area contributed by atoms with Crippen LogP contribution in [0, 0.1) is 0 Å². The minimum atomic E-state index is -1.31. The van der Waals surface area contributed by atoms with Gasteiger partial charge in [-0.2, -0.15) is 0 Å². The summed E-state index contributed by atoms with van der Waals surface area (Å²) in [5, 5.41) is 2.86. The van der Waals surface area contributed by atoms with Crippen LogP contribution in [0.1, 0.15) is 65.6 Å². The molecule has 2 atom stereocenters. The lowest BCUT2D eigenvalue weighted by atomic mass is 9.78. The van der Waals surface area contributed by atoms with Gasteiger partial charge in [-0.15, -0.1) is 0 Å². The third kappa shape index (κ3) is 8.18. The minimum absolute atomic E-state index is 0.127. The number of amides is 2. The summed E-state index contributed by atoms with van der Waals surface area (Å²) in [4.78, 5) is 41.1. The summed E-state index contributed by atoms with van der Waals surface area (Å²) in [5.41, 5.74) is 0.0298. The van der Waals surface area contributed by atoms with Crippen LogP contribution in [-0.4, -0.2) is 74.1 Å². The molecule has 0 unspecified atom stereocenters. The maximum atomic E-state index is 14.0. The molecule has 0 spiro atoms. The quantitative estimate of drug-likeness (QED) is 0.294. The van der Waals surface area contributed by atoms with Crippen molar-refractivity contribution in [1.29, 1.82) is 0 Å². The van der Waals surface area contributed by atoms with Gasteiger partial charge in [-0.1, -0.05) is 47.5 Å². The molecular formula is C31H41BCl2N2O8. The molecule has 44 heavy (non-hydrogen) atoms. The Hall–Kier alpha value is -2.99. The highest BCUT2D eigenvalue weighted by molar-refractivity contribution is 6.62. The molecule has 1 heterocycles. The summed E-state index contributed by atoms with van der Waals surface area (Å²) in [6, 6.07) is 7.98. The van der Waals surface area contributed by atoms with Crippen LogP contribution < -0.4 is 15.5 Å².